The largest absolute Gasteiger partial charge is 0.491 e. The highest BCUT2D eigenvalue weighted by Gasteiger charge is 2.51. The topological polar surface area (TPSA) is 92.0 Å². The van der Waals surface area contributed by atoms with Crippen molar-refractivity contribution in [2.24, 2.45) is 0 Å². The van der Waals surface area contributed by atoms with Gasteiger partial charge in [-0.05, 0) is 37.3 Å². The van der Waals surface area contributed by atoms with Crippen LogP contribution in [0.5, 0.6) is 5.75 Å². The lowest BCUT2D eigenvalue weighted by molar-refractivity contribution is -0.132. The minimum absolute atomic E-state index is 0.0506. The second kappa shape index (κ2) is 6.89. The number of carbonyl (C=O) groups excluding carboxylic acids is 2. The fourth-order valence-electron chi connectivity index (χ4n) is 2.61. The summed E-state index contributed by atoms with van der Waals surface area (Å²) in [6.07, 6.45) is 0.413. The van der Waals surface area contributed by atoms with Gasteiger partial charge in [0.1, 0.15) is 24.2 Å². The molecule has 2 heterocycles. The molecule has 0 saturated carbocycles. The molecule has 1 aromatic heterocycles. The standard InChI is InChI=1S/C17H17BrN2O5/c1-17(14-6-3-7-24-14)15(22)20(16(23)19-17)9-12(21)10-25-13-5-2-4-11(18)8-13/h2-8,12,21H,9-10H2,1H3,(H,19,23). The summed E-state index contributed by atoms with van der Waals surface area (Å²) in [5.41, 5.74) is -1.27. The van der Waals surface area contributed by atoms with Crippen LogP contribution >= 0.6 is 15.9 Å². The van der Waals surface area contributed by atoms with E-state index in [4.69, 9.17) is 9.15 Å². The van der Waals surface area contributed by atoms with E-state index in [0.717, 1.165) is 9.37 Å². The van der Waals surface area contributed by atoms with Crippen molar-refractivity contribution in [3.8, 4) is 5.75 Å². The number of imide groups is 1. The molecule has 2 unspecified atom stereocenters. The highest BCUT2D eigenvalue weighted by Crippen LogP contribution is 2.29. The minimum atomic E-state index is -1.27. The molecule has 1 aromatic carbocycles. The smallest absolute Gasteiger partial charge is 0.325 e. The zero-order valence-corrected chi connectivity index (χ0v) is 15.0. The summed E-state index contributed by atoms with van der Waals surface area (Å²) in [6.45, 7) is 1.34. The molecule has 7 nitrogen and oxygen atoms in total. The lowest BCUT2D eigenvalue weighted by Crippen LogP contribution is -2.42. The van der Waals surface area contributed by atoms with Crippen molar-refractivity contribution in [3.63, 3.8) is 0 Å². The number of nitrogens with one attached hydrogen (secondary N) is 1. The number of nitrogens with zero attached hydrogens (tertiary/aromatic N) is 1. The van der Waals surface area contributed by atoms with Gasteiger partial charge in [-0.25, -0.2) is 4.79 Å². The number of furan rings is 1. The third kappa shape index (κ3) is 3.54. The summed E-state index contributed by atoms with van der Waals surface area (Å²) < 4.78 is 11.6. The molecule has 0 spiro atoms. The van der Waals surface area contributed by atoms with E-state index in [2.05, 4.69) is 21.2 Å². The van der Waals surface area contributed by atoms with Gasteiger partial charge >= 0.3 is 6.03 Å². The highest BCUT2D eigenvalue weighted by molar-refractivity contribution is 9.10. The van der Waals surface area contributed by atoms with Crippen molar-refractivity contribution in [3.05, 3.63) is 52.9 Å². The lowest BCUT2D eigenvalue weighted by atomic mass is 9.99. The number of aliphatic hydroxyl groups excluding tert-OH is 1. The number of aliphatic hydroxyl groups is 1. The average molecular weight is 409 g/mol. The summed E-state index contributed by atoms with van der Waals surface area (Å²) in [5, 5.41) is 12.7. The quantitative estimate of drug-likeness (QED) is 0.715. The molecule has 1 saturated heterocycles. The van der Waals surface area contributed by atoms with Crippen LogP contribution < -0.4 is 10.1 Å². The summed E-state index contributed by atoms with van der Waals surface area (Å²) >= 11 is 3.33. The molecule has 132 valence electrons. The second-order valence-electron chi connectivity index (χ2n) is 5.87. The number of hydrogen-bond acceptors (Lipinski definition) is 5. The lowest BCUT2D eigenvalue weighted by Gasteiger charge is -2.20. The Morgan fingerprint density at radius 1 is 1.36 bits per heavy atom. The Kier molecular flexibility index (Phi) is 4.82. The monoisotopic (exact) mass is 408 g/mol. The predicted octanol–water partition coefficient (Wildman–Crippen LogP) is 2.25. The van der Waals surface area contributed by atoms with E-state index in [1.165, 1.54) is 6.26 Å². The van der Waals surface area contributed by atoms with Gasteiger partial charge in [-0.15, -0.1) is 0 Å². The third-order valence-electron chi connectivity index (χ3n) is 3.92. The fraction of sp³-hybridized carbons (Fsp3) is 0.294. The number of ether oxygens (including phenoxy) is 1. The molecule has 0 aliphatic carbocycles. The van der Waals surface area contributed by atoms with E-state index in [0.29, 0.717) is 11.5 Å². The van der Waals surface area contributed by atoms with Gasteiger partial charge in [-0.3, -0.25) is 9.69 Å². The minimum Gasteiger partial charge on any atom is -0.491 e. The van der Waals surface area contributed by atoms with Gasteiger partial charge in [0.25, 0.3) is 5.91 Å². The Hall–Kier alpha value is -2.32. The number of rotatable bonds is 6. The van der Waals surface area contributed by atoms with Gasteiger partial charge in [-0.2, -0.15) is 0 Å². The zero-order chi connectivity index (χ0) is 18.0. The van der Waals surface area contributed by atoms with Gasteiger partial charge in [-0.1, -0.05) is 22.0 Å². The molecule has 1 fully saturated rings. The number of amides is 3. The van der Waals surface area contributed by atoms with Crippen molar-refractivity contribution in [2.75, 3.05) is 13.2 Å². The van der Waals surface area contributed by atoms with Crippen LogP contribution in [-0.2, 0) is 10.3 Å². The maximum Gasteiger partial charge on any atom is 0.325 e. The summed E-state index contributed by atoms with van der Waals surface area (Å²) in [6, 6.07) is 9.85. The maximum absolute atomic E-state index is 12.6. The zero-order valence-electron chi connectivity index (χ0n) is 13.4. The number of benzene rings is 1. The molecule has 1 aliphatic heterocycles. The van der Waals surface area contributed by atoms with Crippen molar-refractivity contribution < 1.29 is 23.8 Å². The molecular weight excluding hydrogens is 392 g/mol. The first kappa shape index (κ1) is 17.5. The molecule has 3 rings (SSSR count). The van der Waals surface area contributed by atoms with Crippen molar-refractivity contribution in [2.45, 2.75) is 18.6 Å². The van der Waals surface area contributed by atoms with Gasteiger partial charge < -0.3 is 19.6 Å². The van der Waals surface area contributed by atoms with Crippen LogP contribution in [0.4, 0.5) is 4.79 Å². The van der Waals surface area contributed by atoms with Crippen LogP contribution in [0.1, 0.15) is 12.7 Å². The maximum atomic E-state index is 12.6. The fourth-order valence-corrected chi connectivity index (χ4v) is 2.98. The first-order valence-corrected chi connectivity index (χ1v) is 8.44. The Morgan fingerprint density at radius 3 is 2.84 bits per heavy atom. The third-order valence-corrected chi connectivity index (χ3v) is 4.41. The Bertz CT molecular complexity index is 779. The normalized spacial score (nSPS) is 21.3. The van der Waals surface area contributed by atoms with Gasteiger partial charge in [0, 0.05) is 4.47 Å². The molecule has 0 bridgehead atoms. The molecule has 2 N–H and O–H groups in total. The molecule has 1 aliphatic rings. The van der Waals surface area contributed by atoms with Crippen LogP contribution in [0.25, 0.3) is 0 Å². The van der Waals surface area contributed by atoms with E-state index in [9.17, 15) is 14.7 Å². The number of carbonyl (C=O) groups is 2. The van der Waals surface area contributed by atoms with Crippen molar-refractivity contribution >= 4 is 27.9 Å². The van der Waals surface area contributed by atoms with Gasteiger partial charge in [0.2, 0.25) is 0 Å². The van der Waals surface area contributed by atoms with Crippen molar-refractivity contribution in [1.29, 1.82) is 0 Å². The summed E-state index contributed by atoms with van der Waals surface area (Å²) in [5.74, 6) is 0.438. The van der Waals surface area contributed by atoms with Crippen LogP contribution in [0.3, 0.4) is 0 Å². The van der Waals surface area contributed by atoms with E-state index in [1.807, 2.05) is 6.07 Å². The van der Waals surface area contributed by atoms with Crippen LogP contribution in [0.15, 0.2) is 51.6 Å². The Labute approximate surface area is 152 Å². The Balaban J connectivity index is 1.62. The van der Waals surface area contributed by atoms with Crippen molar-refractivity contribution in [1.82, 2.24) is 10.2 Å². The van der Waals surface area contributed by atoms with E-state index >= 15 is 0 Å². The average Bonchev–Trinajstić information content (AvgIpc) is 3.18. The van der Waals surface area contributed by atoms with Crippen LogP contribution in [0.2, 0.25) is 0 Å². The summed E-state index contributed by atoms with van der Waals surface area (Å²) in [7, 11) is 0. The molecule has 2 atom stereocenters. The molecule has 8 heteroatoms. The molecule has 2 aromatic rings. The van der Waals surface area contributed by atoms with Gasteiger partial charge in [0.05, 0.1) is 12.8 Å². The van der Waals surface area contributed by atoms with E-state index < -0.39 is 23.6 Å². The molecular formula is C17H17BrN2O5. The number of halogens is 1. The Morgan fingerprint density at radius 2 is 2.16 bits per heavy atom. The predicted molar refractivity (Wildman–Crippen MR) is 91.9 cm³/mol. The first-order valence-electron chi connectivity index (χ1n) is 7.64. The summed E-state index contributed by atoms with van der Waals surface area (Å²) in [4.78, 5) is 25.7. The molecule has 25 heavy (non-hydrogen) atoms. The SMILES string of the molecule is CC1(c2ccco2)NC(=O)N(CC(O)COc2cccc(Br)c2)C1=O. The number of urea groups is 1. The molecule has 3 amide bonds. The number of β-amino-alcohol motifs (C(OH)–C–C–N with tert-alkyl or cyclic N) is 1. The van der Waals surface area contributed by atoms with Gasteiger partial charge in [0.15, 0.2) is 5.54 Å². The van der Waals surface area contributed by atoms with Crippen LogP contribution in [-0.4, -0.2) is 41.2 Å². The van der Waals surface area contributed by atoms with E-state index in [1.54, 1.807) is 37.3 Å². The van der Waals surface area contributed by atoms with E-state index in [-0.39, 0.29) is 13.2 Å². The van der Waals surface area contributed by atoms with Crippen LogP contribution in [0, 0.1) is 0 Å². The first-order chi connectivity index (χ1) is 11.9. The molecule has 0 radical (unpaired) electrons. The number of hydrogen-bond donors (Lipinski definition) is 2. The second-order valence-corrected chi connectivity index (χ2v) is 6.79. The highest BCUT2D eigenvalue weighted by atomic mass is 79.9.